The maximum Gasteiger partial charge on any atom is 0.184 e. The lowest BCUT2D eigenvalue weighted by Crippen LogP contribution is -2.02. The maximum absolute atomic E-state index is 6.12. The van der Waals surface area contributed by atoms with Gasteiger partial charge >= 0.3 is 0 Å². The van der Waals surface area contributed by atoms with Gasteiger partial charge in [0.1, 0.15) is 10.9 Å². The van der Waals surface area contributed by atoms with Crippen LogP contribution in [-0.2, 0) is 6.54 Å². The number of benzene rings is 1. The van der Waals surface area contributed by atoms with Crippen molar-refractivity contribution in [1.29, 1.82) is 0 Å². The highest BCUT2D eigenvalue weighted by Crippen LogP contribution is 2.28. The summed E-state index contributed by atoms with van der Waals surface area (Å²) < 4.78 is 5.25. The van der Waals surface area contributed by atoms with Crippen molar-refractivity contribution in [3.05, 3.63) is 39.3 Å². The molecule has 0 saturated carbocycles. The van der Waals surface area contributed by atoms with Gasteiger partial charge in [-0.2, -0.15) is 0 Å². The molecule has 1 aromatic heterocycles. The van der Waals surface area contributed by atoms with E-state index >= 15 is 0 Å². The van der Waals surface area contributed by atoms with E-state index in [1.807, 2.05) is 18.2 Å². The lowest BCUT2D eigenvalue weighted by molar-refractivity contribution is 0.410. The number of ether oxygens (including phenoxy) is 1. The van der Waals surface area contributed by atoms with Gasteiger partial charge in [0.05, 0.1) is 7.11 Å². The van der Waals surface area contributed by atoms with Crippen molar-refractivity contribution in [2.45, 2.75) is 6.54 Å². The molecule has 1 N–H and O–H groups in total. The Morgan fingerprint density at radius 1 is 1.41 bits per heavy atom. The molecular weight excluding hydrogens is 279 g/mol. The van der Waals surface area contributed by atoms with Crippen LogP contribution >= 0.6 is 34.5 Å². The van der Waals surface area contributed by atoms with E-state index in [1.165, 1.54) is 11.3 Å². The van der Waals surface area contributed by atoms with Gasteiger partial charge in [-0.25, -0.2) is 4.98 Å². The van der Waals surface area contributed by atoms with Crippen molar-refractivity contribution in [1.82, 2.24) is 4.98 Å². The highest BCUT2D eigenvalue weighted by Gasteiger charge is 2.08. The lowest BCUT2D eigenvalue weighted by Gasteiger charge is -2.10. The third-order valence-corrected chi connectivity index (χ3v) is 3.67. The molecule has 0 aliphatic rings. The second-order valence-corrected chi connectivity index (χ2v) is 4.90. The van der Waals surface area contributed by atoms with Gasteiger partial charge in [-0.3, -0.25) is 0 Å². The summed E-state index contributed by atoms with van der Waals surface area (Å²) >= 11 is 13.3. The van der Waals surface area contributed by atoms with Crippen LogP contribution in [0.1, 0.15) is 5.56 Å². The summed E-state index contributed by atoms with van der Waals surface area (Å²) in [5.74, 6) is 0.757. The maximum atomic E-state index is 6.12. The van der Waals surface area contributed by atoms with E-state index in [0.717, 1.165) is 16.4 Å². The van der Waals surface area contributed by atoms with Crippen molar-refractivity contribution in [2.24, 2.45) is 0 Å². The predicted octanol–water partition coefficient (Wildman–Crippen LogP) is 4.07. The van der Waals surface area contributed by atoms with E-state index in [9.17, 15) is 0 Å². The molecule has 0 atom stereocenters. The van der Waals surface area contributed by atoms with Crippen LogP contribution < -0.4 is 10.1 Å². The van der Waals surface area contributed by atoms with Crippen molar-refractivity contribution < 1.29 is 4.74 Å². The smallest absolute Gasteiger partial charge is 0.184 e. The molecule has 1 heterocycles. The largest absolute Gasteiger partial charge is 0.496 e. The zero-order valence-electron chi connectivity index (χ0n) is 9.04. The Morgan fingerprint density at radius 3 is 2.88 bits per heavy atom. The fourth-order valence-electron chi connectivity index (χ4n) is 1.40. The summed E-state index contributed by atoms with van der Waals surface area (Å²) in [7, 11) is 1.62. The van der Waals surface area contributed by atoms with Gasteiger partial charge in [0.15, 0.2) is 5.13 Å². The summed E-state index contributed by atoms with van der Waals surface area (Å²) in [5, 5.41) is 6.84. The summed E-state index contributed by atoms with van der Waals surface area (Å²) in [6.45, 7) is 0.548. The zero-order valence-corrected chi connectivity index (χ0v) is 11.4. The van der Waals surface area contributed by atoms with Crippen LogP contribution in [0.3, 0.4) is 0 Å². The van der Waals surface area contributed by atoms with Gasteiger partial charge in [-0.15, -0.1) is 11.3 Å². The highest BCUT2D eigenvalue weighted by molar-refractivity contribution is 7.14. The van der Waals surface area contributed by atoms with E-state index < -0.39 is 0 Å². The molecule has 3 nitrogen and oxygen atoms in total. The Balaban J connectivity index is 2.13. The van der Waals surface area contributed by atoms with Crippen LogP contribution in [0.2, 0.25) is 10.2 Å². The summed E-state index contributed by atoms with van der Waals surface area (Å²) in [5.41, 5.74) is 0.906. The van der Waals surface area contributed by atoms with Crippen LogP contribution in [-0.4, -0.2) is 12.1 Å². The zero-order chi connectivity index (χ0) is 12.3. The molecule has 0 fully saturated rings. The van der Waals surface area contributed by atoms with Crippen LogP contribution in [0.25, 0.3) is 0 Å². The van der Waals surface area contributed by atoms with E-state index in [2.05, 4.69) is 10.3 Å². The molecule has 6 heteroatoms. The number of nitrogens with zero attached hydrogens (tertiary/aromatic N) is 1. The number of nitrogens with one attached hydrogen (secondary N) is 1. The fraction of sp³-hybridized carbons (Fsp3) is 0.182. The molecule has 0 amide bonds. The Bertz CT molecular complexity index is 516. The van der Waals surface area contributed by atoms with Crippen LogP contribution in [0.5, 0.6) is 5.75 Å². The molecule has 90 valence electrons. The molecule has 0 saturated heterocycles. The molecule has 1 aromatic carbocycles. The Hall–Kier alpha value is -0.970. The van der Waals surface area contributed by atoms with Crippen LogP contribution in [0.15, 0.2) is 23.6 Å². The predicted molar refractivity (Wildman–Crippen MR) is 72.5 cm³/mol. The summed E-state index contributed by atoms with van der Waals surface area (Å²) in [6, 6.07) is 5.55. The molecular formula is C11H10Cl2N2OS. The standard InChI is InChI=1S/C11H10Cl2N2OS/c1-16-9-4-2-3-8(12)7(9)5-14-11-15-10(13)6-17-11/h2-4,6H,5H2,1H3,(H,14,15). The number of hydrogen-bond acceptors (Lipinski definition) is 4. The number of halogens is 2. The van der Waals surface area contributed by atoms with E-state index in [4.69, 9.17) is 27.9 Å². The molecule has 0 spiro atoms. The van der Waals surface area contributed by atoms with Crippen molar-refractivity contribution in [2.75, 3.05) is 12.4 Å². The average molecular weight is 289 g/mol. The van der Waals surface area contributed by atoms with Gasteiger partial charge in [0, 0.05) is 22.5 Å². The van der Waals surface area contributed by atoms with Crippen molar-refractivity contribution in [3.63, 3.8) is 0 Å². The normalized spacial score (nSPS) is 10.3. The number of thiazole rings is 1. The second kappa shape index (κ2) is 5.58. The first-order valence-corrected chi connectivity index (χ1v) is 6.50. The van der Waals surface area contributed by atoms with Crippen LogP contribution in [0, 0.1) is 0 Å². The average Bonchev–Trinajstić information content (AvgIpc) is 2.73. The molecule has 2 aromatic rings. The molecule has 2 rings (SSSR count). The topological polar surface area (TPSA) is 34.1 Å². The Kier molecular flexibility index (Phi) is 4.10. The molecule has 17 heavy (non-hydrogen) atoms. The minimum atomic E-state index is 0.489. The van der Waals surface area contributed by atoms with Gasteiger partial charge in [-0.1, -0.05) is 29.3 Å². The molecule has 0 aliphatic carbocycles. The first kappa shape index (κ1) is 12.5. The third-order valence-electron chi connectivity index (χ3n) is 2.19. The lowest BCUT2D eigenvalue weighted by atomic mass is 10.2. The molecule has 0 radical (unpaired) electrons. The number of rotatable bonds is 4. The number of methoxy groups -OCH3 is 1. The Labute approximate surface area is 113 Å². The summed E-state index contributed by atoms with van der Waals surface area (Å²) in [4.78, 5) is 4.10. The highest BCUT2D eigenvalue weighted by atomic mass is 35.5. The SMILES string of the molecule is COc1cccc(Cl)c1CNc1nc(Cl)cs1. The molecule has 0 aliphatic heterocycles. The molecule has 0 bridgehead atoms. The van der Waals surface area contributed by atoms with Crippen LogP contribution in [0.4, 0.5) is 5.13 Å². The Morgan fingerprint density at radius 2 is 2.24 bits per heavy atom. The van der Waals surface area contributed by atoms with Gasteiger partial charge in [0.25, 0.3) is 0 Å². The first-order chi connectivity index (χ1) is 8.20. The first-order valence-electron chi connectivity index (χ1n) is 4.87. The van der Waals surface area contributed by atoms with E-state index in [0.29, 0.717) is 16.7 Å². The second-order valence-electron chi connectivity index (χ2n) is 3.25. The van der Waals surface area contributed by atoms with E-state index in [-0.39, 0.29) is 0 Å². The summed E-state index contributed by atoms with van der Waals surface area (Å²) in [6.07, 6.45) is 0. The van der Waals surface area contributed by atoms with Crippen molar-refractivity contribution >= 4 is 39.7 Å². The van der Waals surface area contributed by atoms with E-state index in [1.54, 1.807) is 12.5 Å². The fourth-order valence-corrected chi connectivity index (χ4v) is 2.47. The minimum absolute atomic E-state index is 0.489. The van der Waals surface area contributed by atoms with Gasteiger partial charge < -0.3 is 10.1 Å². The quantitative estimate of drug-likeness (QED) is 0.921. The van der Waals surface area contributed by atoms with Gasteiger partial charge in [0.2, 0.25) is 0 Å². The minimum Gasteiger partial charge on any atom is -0.496 e. The third kappa shape index (κ3) is 3.03. The monoisotopic (exact) mass is 288 g/mol. The molecule has 0 unspecified atom stereocenters. The number of anilines is 1. The van der Waals surface area contributed by atoms with Crippen molar-refractivity contribution in [3.8, 4) is 5.75 Å². The number of aromatic nitrogens is 1. The number of hydrogen-bond donors (Lipinski definition) is 1. The van der Waals surface area contributed by atoms with Gasteiger partial charge in [-0.05, 0) is 12.1 Å².